The van der Waals surface area contributed by atoms with Crippen molar-refractivity contribution in [3.63, 3.8) is 0 Å². The van der Waals surface area contributed by atoms with E-state index in [-0.39, 0.29) is 6.04 Å². The van der Waals surface area contributed by atoms with Crippen molar-refractivity contribution in [2.24, 2.45) is 4.99 Å². The first-order valence-corrected chi connectivity index (χ1v) is 18.1. The number of aliphatic imine (C=N–C) groups is 1. The Balaban J connectivity index is 0.978. The van der Waals surface area contributed by atoms with Crippen LogP contribution in [0.15, 0.2) is 125 Å². The first kappa shape index (κ1) is 33.0. The van der Waals surface area contributed by atoms with Crippen LogP contribution in [0.4, 0.5) is 34.1 Å². The maximum absolute atomic E-state index is 6.41. The summed E-state index contributed by atoms with van der Waals surface area (Å²) in [5, 5.41) is 7.47. The summed E-state index contributed by atoms with van der Waals surface area (Å²) in [6, 6.07) is 33.6. The Labute approximate surface area is 305 Å². The number of hydrogen-bond donors (Lipinski definition) is 4. The number of para-hydroxylation sites is 2. The Morgan fingerprint density at radius 2 is 1.35 bits per heavy atom. The second kappa shape index (κ2) is 13.5. The van der Waals surface area contributed by atoms with Gasteiger partial charge in [-0.2, -0.15) is 0 Å². The first-order chi connectivity index (χ1) is 25.2. The number of hydrogen-bond acceptors (Lipinski definition) is 7. The number of aromatic nitrogens is 2. The van der Waals surface area contributed by atoms with E-state index >= 15 is 0 Å². The van der Waals surface area contributed by atoms with Crippen molar-refractivity contribution >= 4 is 61.9 Å². The summed E-state index contributed by atoms with van der Waals surface area (Å²) in [4.78, 5) is 12.5. The SMILES string of the molecule is CC1=CC2=Nc3cc(C)c(N)cc3N(c3ccccc3)C2C=C1NCCCCNc1cc2c(cc1C)nc1cc(C)c(N)cc1[n+]2-c1ccccc1. The third kappa shape index (κ3) is 6.10. The average Bonchev–Trinajstić information content (AvgIpc) is 3.14. The zero-order chi connectivity index (χ0) is 35.9. The minimum atomic E-state index is -0.0357. The van der Waals surface area contributed by atoms with Crippen molar-refractivity contribution in [2.45, 2.75) is 46.6 Å². The van der Waals surface area contributed by atoms with E-state index < -0.39 is 0 Å². The van der Waals surface area contributed by atoms with Crippen LogP contribution in [0.25, 0.3) is 27.8 Å². The highest BCUT2D eigenvalue weighted by Gasteiger charge is 2.32. The van der Waals surface area contributed by atoms with Crippen LogP contribution in [0.2, 0.25) is 0 Å². The summed E-state index contributed by atoms with van der Waals surface area (Å²) >= 11 is 0. The van der Waals surface area contributed by atoms with Gasteiger partial charge in [-0.1, -0.05) is 36.4 Å². The Bertz CT molecular complexity index is 2430. The Morgan fingerprint density at radius 3 is 2.10 bits per heavy atom. The van der Waals surface area contributed by atoms with Crippen LogP contribution in [0, 0.1) is 20.8 Å². The minimum Gasteiger partial charge on any atom is -0.398 e. The molecule has 1 unspecified atom stereocenters. The second-order valence-corrected chi connectivity index (χ2v) is 14.0. The lowest BCUT2D eigenvalue weighted by atomic mass is 9.93. The number of nitrogens with zero attached hydrogens (tertiary/aromatic N) is 4. The van der Waals surface area contributed by atoms with Gasteiger partial charge in [0.2, 0.25) is 16.7 Å². The van der Waals surface area contributed by atoms with Crippen LogP contribution >= 0.6 is 0 Å². The number of unbranched alkanes of at least 4 members (excludes halogenated alkanes) is 1. The fourth-order valence-electron chi connectivity index (χ4n) is 7.34. The normalized spacial score (nSPS) is 15.1. The third-order valence-electron chi connectivity index (χ3n) is 10.3. The zero-order valence-electron chi connectivity index (χ0n) is 30.2. The van der Waals surface area contributed by atoms with Crippen LogP contribution in [0.1, 0.15) is 36.5 Å². The number of allylic oxidation sites excluding steroid dienone is 1. The van der Waals surface area contributed by atoms with E-state index in [9.17, 15) is 0 Å². The smallest absolute Gasteiger partial charge is 0.239 e. The van der Waals surface area contributed by atoms with Crippen LogP contribution in [-0.4, -0.2) is 29.8 Å². The van der Waals surface area contributed by atoms with Crippen LogP contribution in [0.5, 0.6) is 0 Å². The Morgan fingerprint density at radius 1 is 0.712 bits per heavy atom. The van der Waals surface area contributed by atoms with Crippen molar-refractivity contribution < 1.29 is 4.57 Å². The highest BCUT2D eigenvalue weighted by atomic mass is 15.2. The molecule has 0 spiro atoms. The predicted octanol–water partition coefficient (Wildman–Crippen LogP) is 8.67. The Hall–Kier alpha value is -6.15. The molecule has 8 rings (SSSR count). The number of anilines is 5. The maximum atomic E-state index is 6.41. The number of aryl methyl sites for hydroxylation is 3. The fourth-order valence-corrected chi connectivity index (χ4v) is 7.34. The maximum Gasteiger partial charge on any atom is 0.239 e. The number of nitrogens with one attached hydrogen (secondary N) is 2. The number of rotatable bonds is 9. The summed E-state index contributed by atoms with van der Waals surface area (Å²) in [6.07, 6.45) is 6.57. The lowest BCUT2D eigenvalue weighted by Crippen LogP contribution is -2.41. The Kier molecular flexibility index (Phi) is 8.59. The molecule has 2 aliphatic rings. The molecule has 0 bridgehead atoms. The van der Waals surface area contributed by atoms with Crippen LogP contribution in [0.3, 0.4) is 0 Å². The van der Waals surface area contributed by atoms with Gasteiger partial charge in [0.1, 0.15) is 11.0 Å². The topological polar surface area (TPSA) is 108 Å². The van der Waals surface area contributed by atoms with Gasteiger partial charge in [0.25, 0.3) is 0 Å². The van der Waals surface area contributed by atoms with Gasteiger partial charge in [-0.25, -0.2) is 9.98 Å². The highest BCUT2D eigenvalue weighted by molar-refractivity contribution is 6.10. The summed E-state index contributed by atoms with van der Waals surface area (Å²) in [5.41, 5.74) is 30.1. The molecule has 1 aliphatic heterocycles. The van der Waals surface area contributed by atoms with E-state index in [2.05, 4.69) is 125 Å². The predicted molar refractivity (Wildman–Crippen MR) is 217 cm³/mol. The summed E-state index contributed by atoms with van der Waals surface area (Å²) in [5.74, 6) is 0. The van der Waals surface area contributed by atoms with Crippen molar-refractivity contribution in [3.8, 4) is 5.69 Å². The van der Waals surface area contributed by atoms with Gasteiger partial charge < -0.3 is 27.0 Å². The van der Waals surface area contributed by atoms with Gasteiger partial charge in [-0.15, -0.1) is 4.57 Å². The van der Waals surface area contributed by atoms with Crippen molar-refractivity contribution in [1.82, 2.24) is 10.3 Å². The zero-order valence-corrected chi connectivity index (χ0v) is 30.2. The molecule has 260 valence electrons. The van der Waals surface area contributed by atoms with E-state index in [4.69, 9.17) is 21.4 Å². The number of fused-ring (bicyclic) bond motifs is 4. The van der Waals surface area contributed by atoms with Crippen LogP contribution < -0.4 is 31.6 Å². The molecule has 0 radical (unpaired) electrons. The minimum absolute atomic E-state index is 0.0357. The fraction of sp³-hybridized carbons (Fsp3) is 0.205. The van der Waals surface area contributed by atoms with E-state index in [1.807, 2.05) is 32.0 Å². The van der Waals surface area contributed by atoms with Gasteiger partial charge in [0, 0.05) is 65.8 Å². The molecule has 0 fully saturated rings. The third-order valence-corrected chi connectivity index (χ3v) is 10.3. The molecule has 6 aromatic rings. The van der Waals surface area contributed by atoms with Gasteiger partial charge >= 0.3 is 0 Å². The summed E-state index contributed by atoms with van der Waals surface area (Å²) in [7, 11) is 0. The lowest BCUT2D eigenvalue weighted by Gasteiger charge is -2.39. The molecular weight excluding hydrogens is 641 g/mol. The summed E-state index contributed by atoms with van der Waals surface area (Å²) < 4.78 is 2.27. The number of nitrogens with two attached hydrogens (primary N) is 2. The molecule has 1 aromatic heterocycles. The number of nitrogen functional groups attached to an aromatic ring is 2. The van der Waals surface area contributed by atoms with Gasteiger partial charge in [0.05, 0.1) is 23.1 Å². The van der Waals surface area contributed by atoms with Crippen LogP contribution in [-0.2, 0) is 0 Å². The van der Waals surface area contributed by atoms with E-state index in [1.54, 1.807) is 0 Å². The molecule has 8 nitrogen and oxygen atoms in total. The first-order valence-electron chi connectivity index (χ1n) is 18.1. The van der Waals surface area contributed by atoms with E-state index in [0.29, 0.717) is 0 Å². The molecule has 0 saturated carbocycles. The molecule has 2 heterocycles. The quantitative estimate of drug-likeness (QED) is 0.0525. The largest absolute Gasteiger partial charge is 0.398 e. The van der Waals surface area contributed by atoms with Gasteiger partial charge in [-0.05, 0) is 111 Å². The molecule has 5 aromatic carbocycles. The monoisotopic (exact) mass is 685 g/mol. The molecule has 0 saturated heterocycles. The molecular formula is C44H45N8+. The molecule has 6 N–H and O–H groups in total. The molecule has 52 heavy (non-hydrogen) atoms. The summed E-state index contributed by atoms with van der Waals surface area (Å²) in [6.45, 7) is 10.1. The van der Waals surface area contributed by atoms with Crippen molar-refractivity contribution in [3.05, 3.63) is 137 Å². The lowest BCUT2D eigenvalue weighted by molar-refractivity contribution is -0.538. The molecule has 1 atom stereocenters. The van der Waals surface area contributed by atoms with E-state index in [0.717, 1.165) is 110 Å². The molecule has 0 amide bonds. The average molecular weight is 686 g/mol. The van der Waals surface area contributed by atoms with Gasteiger partial charge in [-0.3, -0.25) is 0 Å². The van der Waals surface area contributed by atoms with Crippen molar-refractivity contribution in [2.75, 3.05) is 34.8 Å². The molecule has 1 aliphatic carbocycles. The molecule has 8 heteroatoms. The van der Waals surface area contributed by atoms with E-state index in [1.165, 1.54) is 11.1 Å². The second-order valence-electron chi connectivity index (χ2n) is 14.0. The number of benzene rings is 5. The standard InChI is InChI=1S/C44H44N8/c1-27-19-37-41(23-33(27)45)51(31-13-7-5-8-14-31)43-25-35(29(3)21-39(43)49-37)47-17-11-12-18-48-36-26-44-40(22-30(36)4)50-38-20-28(2)34(46)24-42(38)52(44)32-15-9-6-10-16-32/h5-10,13-16,19-26,43,47H,11-12,17-18,45H2,1-4H3,(H2,46,48)/p+1. The van der Waals surface area contributed by atoms with Crippen molar-refractivity contribution in [1.29, 1.82) is 0 Å². The highest BCUT2D eigenvalue weighted by Crippen LogP contribution is 2.44. The van der Waals surface area contributed by atoms with Gasteiger partial charge in [0.15, 0.2) is 0 Å².